The summed E-state index contributed by atoms with van der Waals surface area (Å²) in [6.07, 6.45) is 8.88. The Morgan fingerprint density at radius 1 is 1.27 bits per heavy atom. The molecule has 0 bridgehead atoms. The molecule has 2 aliphatic carbocycles. The zero-order chi connectivity index (χ0) is 10.3. The van der Waals surface area contributed by atoms with Crippen LogP contribution in [0.25, 0.3) is 0 Å². The van der Waals surface area contributed by atoms with Crippen molar-refractivity contribution < 1.29 is 0 Å². The Hall–Kier alpha value is -1.04. The summed E-state index contributed by atoms with van der Waals surface area (Å²) in [7, 11) is 0. The normalized spacial score (nSPS) is 23.3. The third-order valence-corrected chi connectivity index (χ3v) is 4.03. The second-order valence-electron chi connectivity index (χ2n) is 4.85. The van der Waals surface area contributed by atoms with Crippen LogP contribution in [0.3, 0.4) is 0 Å². The van der Waals surface area contributed by atoms with Gasteiger partial charge in [-0.25, -0.2) is 0 Å². The van der Waals surface area contributed by atoms with Gasteiger partial charge in [0, 0.05) is 0 Å². The minimum atomic E-state index is 0.838. The monoisotopic (exact) mass is 198 g/mol. The molecule has 0 heteroatoms. The molecular formula is C15H18. The Balaban J connectivity index is 2.08. The van der Waals surface area contributed by atoms with Crippen LogP contribution in [-0.2, 0) is 12.8 Å². The molecule has 0 fully saturated rings. The Labute approximate surface area is 92.0 Å². The largest absolute Gasteiger partial charge is 0.0809 e. The first-order valence-corrected chi connectivity index (χ1v) is 6.17. The molecular weight excluding hydrogens is 180 g/mol. The molecule has 0 heterocycles. The predicted molar refractivity (Wildman–Crippen MR) is 64.2 cm³/mol. The third-order valence-electron chi connectivity index (χ3n) is 4.03. The molecule has 15 heavy (non-hydrogen) atoms. The van der Waals surface area contributed by atoms with E-state index in [1.165, 1.54) is 32.1 Å². The van der Waals surface area contributed by atoms with E-state index < -0.39 is 0 Å². The van der Waals surface area contributed by atoms with Gasteiger partial charge in [0.1, 0.15) is 0 Å². The number of hydrogen-bond acceptors (Lipinski definition) is 0. The van der Waals surface area contributed by atoms with Gasteiger partial charge in [-0.15, -0.1) is 0 Å². The minimum absolute atomic E-state index is 0.838. The maximum Gasteiger partial charge on any atom is -0.00918 e. The predicted octanol–water partition coefficient (Wildman–Crippen LogP) is 4.00. The summed E-state index contributed by atoms with van der Waals surface area (Å²) < 4.78 is 0. The van der Waals surface area contributed by atoms with E-state index in [2.05, 4.69) is 31.2 Å². The van der Waals surface area contributed by atoms with Crippen molar-refractivity contribution in [2.24, 2.45) is 0 Å². The quantitative estimate of drug-likeness (QED) is 0.598. The Morgan fingerprint density at radius 2 is 2.13 bits per heavy atom. The summed E-state index contributed by atoms with van der Waals surface area (Å²) in [6.45, 7) is 2.29. The first kappa shape index (κ1) is 9.21. The molecule has 0 amide bonds. The van der Waals surface area contributed by atoms with Crippen molar-refractivity contribution in [3.8, 4) is 0 Å². The maximum atomic E-state index is 2.47. The summed E-state index contributed by atoms with van der Waals surface area (Å²) in [5.74, 6) is 0.838. The number of aryl methyl sites for hydroxylation is 1. The summed E-state index contributed by atoms with van der Waals surface area (Å²) >= 11 is 0. The van der Waals surface area contributed by atoms with Crippen LogP contribution in [0.15, 0.2) is 29.8 Å². The Morgan fingerprint density at radius 3 is 3.00 bits per heavy atom. The van der Waals surface area contributed by atoms with Gasteiger partial charge in [-0.3, -0.25) is 0 Å². The van der Waals surface area contributed by atoms with Gasteiger partial charge in [0.15, 0.2) is 0 Å². The number of allylic oxidation sites excluding steroid dienone is 2. The van der Waals surface area contributed by atoms with Crippen molar-refractivity contribution in [1.29, 1.82) is 0 Å². The molecule has 0 aromatic heterocycles. The average molecular weight is 198 g/mol. The molecule has 0 N–H and O–H groups in total. The van der Waals surface area contributed by atoms with Crippen LogP contribution in [0.1, 0.15) is 48.8 Å². The highest BCUT2D eigenvalue weighted by molar-refractivity contribution is 5.44. The molecule has 1 atom stereocenters. The van der Waals surface area contributed by atoms with Crippen LogP contribution in [-0.4, -0.2) is 0 Å². The van der Waals surface area contributed by atoms with Gasteiger partial charge in [-0.1, -0.05) is 36.8 Å². The number of rotatable bonds is 1. The van der Waals surface area contributed by atoms with E-state index in [0.717, 1.165) is 5.92 Å². The second kappa shape index (κ2) is 3.52. The van der Waals surface area contributed by atoms with Gasteiger partial charge >= 0.3 is 0 Å². The smallest absolute Gasteiger partial charge is 0.00918 e. The molecule has 0 spiro atoms. The van der Waals surface area contributed by atoms with Crippen LogP contribution in [0.5, 0.6) is 0 Å². The molecule has 2 aliphatic rings. The van der Waals surface area contributed by atoms with Crippen molar-refractivity contribution in [3.63, 3.8) is 0 Å². The lowest BCUT2D eigenvalue weighted by molar-refractivity contribution is 0.661. The highest BCUT2D eigenvalue weighted by Crippen LogP contribution is 2.41. The van der Waals surface area contributed by atoms with Crippen LogP contribution in [0.2, 0.25) is 0 Å². The van der Waals surface area contributed by atoms with Gasteiger partial charge in [0.05, 0.1) is 0 Å². The van der Waals surface area contributed by atoms with Crippen molar-refractivity contribution in [2.75, 3.05) is 0 Å². The average Bonchev–Trinajstić information content (AvgIpc) is 2.57. The molecule has 0 radical (unpaired) electrons. The van der Waals surface area contributed by atoms with Gasteiger partial charge in [-0.2, -0.15) is 0 Å². The topological polar surface area (TPSA) is 0 Å². The Bertz CT molecular complexity index is 412. The van der Waals surface area contributed by atoms with Crippen LogP contribution < -0.4 is 0 Å². The lowest BCUT2D eigenvalue weighted by Crippen LogP contribution is -1.96. The summed E-state index contributed by atoms with van der Waals surface area (Å²) in [6, 6.07) is 6.89. The lowest BCUT2D eigenvalue weighted by Gasteiger charge is -2.12. The molecule has 1 aromatic rings. The van der Waals surface area contributed by atoms with Crippen molar-refractivity contribution in [1.82, 2.24) is 0 Å². The van der Waals surface area contributed by atoms with E-state index in [1.807, 2.05) is 0 Å². The van der Waals surface area contributed by atoms with Crippen molar-refractivity contribution in [3.05, 3.63) is 46.5 Å². The molecule has 0 nitrogen and oxygen atoms in total. The van der Waals surface area contributed by atoms with E-state index in [1.54, 1.807) is 22.3 Å². The first-order valence-electron chi connectivity index (χ1n) is 6.17. The highest BCUT2D eigenvalue weighted by atomic mass is 14.3. The summed E-state index contributed by atoms with van der Waals surface area (Å²) in [5.41, 5.74) is 6.60. The van der Waals surface area contributed by atoms with Crippen LogP contribution >= 0.6 is 0 Å². The van der Waals surface area contributed by atoms with E-state index in [4.69, 9.17) is 0 Å². The highest BCUT2D eigenvalue weighted by Gasteiger charge is 2.26. The third kappa shape index (κ3) is 1.43. The van der Waals surface area contributed by atoms with E-state index in [9.17, 15) is 0 Å². The molecule has 0 saturated heterocycles. The lowest BCUT2D eigenvalue weighted by atomic mass is 9.92. The second-order valence-corrected chi connectivity index (χ2v) is 4.85. The number of hydrogen-bond donors (Lipinski definition) is 0. The fraction of sp³-hybridized carbons (Fsp3) is 0.467. The molecule has 1 aromatic carbocycles. The zero-order valence-corrected chi connectivity index (χ0v) is 9.42. The fourth-order valence-corrected chi connectivity index (χ4v) is 3.21. The zero-order valence-electron chi connectivity index (χ0n) is 9.42. The summed E-state index contributed by atoms with van der Waals surface area (Å²) in [5, 5.41) is 0. The SMILES string of the molecule is CCC1=CCc2cccc3c2C(CC3)C1. The fourth-order valence-electron chi connectivity index (χ4n) is 3.21. The van der Waals surface area contributed by atoms with Crippen LogP contribution in [0, 0.1) is 0 Å². The Kier molecular flexibility index (Phi) is 2.16. The maximum absolute atomic E-state index is 2.47. The van der Waals surface area contributed by atoms with E-state index in [-0.39, 0.29) is 0 Å². The van der Waals surface area contributed by atoms with Crippen LogP contribution in [0.4, 0.5) is 0 Å². The van der Waals surface area contributed by atoms with Gasteiger partial charge in [-0.05, 0) is 54.7 Å². The van der Waals surface area contributed by atoms with Crippen molar-refractivity contribution in [2.45, 2.75) is 44.9 Å². The van der Waals surface area contributed by atoms with Gasteiger partial charge in [0.2, 0.25) is 0 Å². The molecule has 1 unspecified atom stereocenters. The molecule has 0 saturated carbocycles. The number of benzene rings is 1. The van der Waals surface area contributed by atoms with Gasteiger partial charge < -0.3 is 0 Å². The standard InChI is InChI=1S/C15H18/c1-2-11-6-7-12-4-3-5-13-8-9-14(10-11)15(12)13/h3-6,14H,2,7-10H2,1H3. The van der Waals surface area contributed by atoms with Gasteiger partial charge in [0.25, 0.3) is 0 Å². The minimum Gasteiger partial charge on any atom is -0.0809 e. The van der Waals surface area contributed by atoms with E-state index in [0.29, 0.717) is 0 Å². The molecule has 0 aliphatic heterocycles. The molecule has 3 rings (SSSR count). The molecule has 78 valence electrons. The van der Waals surface area contributed by atoms with E-state index >= 15 is 0 Å². The van der Waals surface area contributed by atoms with Crippen molar-refractivity contribution >= 4 is 0 Å². The summed E-state index contributed by atoms with van der Waals surface area (Å²) in [4.78, 5) is 0. The first-order chi connectivity index (χ1) is 7.38.